The zero-order chi connectivity index (χ0) is 22.9. The van der Waals surface area contributed by atoms with Gasteiger partial charge in [0.2, 0.25) is 5.82 Å². The van der Waals surface area contributed by atoms with E-state index in [0.717, 1.165) is 28.1 Å². The molecule has 0 spiro atoms. The largest absolute Gasteiger partial charge is 0.351 e. The second kappa shape index (κ2) is 8.60. The topological polar surface area (TPSA) is 54.2 Å². The summed E-state index contributed by atoms with van der Waals surface area (Å²) in [5.74, 6) is 0.650. The van der Waals surface area contributed by atoms with Crippen molar-refractivity contribution in [2.45, 2.75) is 19.9 Å². The molecule has 0 saturated heterocycles. The van der Waals surface area contributed by atoms with Crippen LogP contribution in [0.15, 0.2) is 89.1 Å². The molecule has 4 aromatic rings. The van der Waals surface area contributed by atoms with Gasteiger partial charge >= 0.3 is 0 Å². The van der Waals surface area contributed by atoms with Crippen LogP contribution < -0.4 is 10.2 Å². The van der Waals surface area contributed by atoms with Crippen molar-refractivity contribution in [2.24, 2.45) is 0 Å². The molecule has 1 atom stereocenters. The molecular formula is C26H21FN4OS. The highest BCUT2D eigenvalue weighted by atomic mass is 32.1. The lowest BCUT2D eigenvalue weighted by Gasteiger charge is -2.37. The second-order valence-electron chi connectivity index (χ2n) is 7.85. The van der Waals surface area contributed by atoms with Crippen LogP contribution in [0.25, 0.3) is 17.0 Å². The van der Waals surface area contributed by atoms with E-state index in [0.29, 0.717) is 22.4 Å². The van der Waals surface area contributed by atoms with Crippen LogP contribution in [0.5, 0.6) is 0 Å². The van der Waals surface area contributed by atoms with E-state index < -0.39 is 0 Å². The molecule has 0 aliphatic carbocycles. The summed E-state index contributed by atoms with van der Waals surface area (Å²) >= 11 is 5.74. The number of allylic oxidation sites excluding steroid dienone is 1. The zero-order valence-electron chi connectivity index (χ0n) is 18.1. The maximum atomic E-state index is 13.9. The average molecular weight is 457 g/mol. The number of rotatable bonds is 4. The first-order chi connectivity index (χ1) is 16.0. The van der Waals surface area contributed by atoms with Gasteiger partial charge in [0, 0.05) is 16.9 Å². The number of benzene rings is 3. The van der Waals surface area contributed by atoms with Crippen molar-refractivity contribution in [2.75, 3.05) is 4.90 Å². The fourth-order valence-electron chi connectivity index (χ4n) is 4.03. The predicted molar refractivity (Wildman–Crippen MR) is 131 cm³/mol. The molecule has 5 nitrogen and oxygen atoms in total. The van der Waals surface area contributed by atoms with E-state index in [-0.39, 0.29) is 11.9 Å². The van der Waals surface area contributed by atoms with Crippen LogP contribution in [-0.4, -0.2) is 15.3 Å². The Morgan fingerprint density at radius 3 is 2.36 bits per heavy atom. The first-order valence-corrected chi connectivity index (χ1v) is 11.0. The number of aryl methyl sites for hydroxylation is 1. The summed E-state index contributed by atoms with van der Waals surface area (Å²) in [6.07, 6.45) is 0. The maximum Gasteiger partial charge on any atom is 0.258 e. The third kappa shape index (κ3) is 3.91. The van der Waals surface area contributed by atoms with Crippen molar-refractivity contribution < 1.29 is 8.91 Å². The van der Waals surface area contributed by atoms with Gasteiger partial charge in [0.05, 0.1) is 11.6 Å². The lowest BCUT2D eigenvalue weighted by molar-refractivity contribution is 0.404. The summed E-state index contributed by atoms with van der Waals surface area (Å²) in [5.41, 5.74) is 4.83. The SMILES string of the molecule is CC1=C(c2nc(-c3ccccc3)no2)C(c2ccccc2)NC(=S)N1c1ccc(F)c(C)c1. The van der Waals surface area contributed by atoms with Crippen molar-refractivity contribution in [3.8, 4) is 11.4 Å². The third-order valence-corrected chi connectivity index (χ3v) is 6.01. The number of thiocarbonyl (C=S) groups is 1. The number of nitrogens with zero attached hydrogens (tertiary/aromatic N) is 3. The molecule has 0 amide bonds. The molecule has 5 rings (SSSR count). The molecular weight excluding hydrogens is 435 g/mol. The lowest BCUT2D eigenvalue weighted by atomic mass is 9.94. The highest BCUT2D eigenvalue weighted by Gasteiger charge is 2.34. The predicted octanol–water partition coefficient (Wildman–Crippen LogP) is 6.05. The first-order valence-electron chi connectivity index (χ1n) is 10.5. The van der Waals surface area contributed by atoms with Gasteiger partial charge in [-0.2, -0.15) is 4.98 Å². The number of nitrogens with one attached hydrogen (secondary N) is 1. The second-order valence-corrected chi connectivity index (χ2v) is 8.24. The Hall–Kier alpha value is -3.84. The molecule has 1 aromatic heterocycles. The number of halogens is 1. The number of hydrogen-bond acceptors (Lipinski definition) is 4. The highest BCUT2D eigenvalue weighted by molar-refractivity contribution is 7.80. The van der Waals surface area contributed by atoms with E-state index in [9.17, 15) is 4.39 Å². The fraction of sp³-hybridized carbons (Fsp3) is 0.115. The number of aromatic nitrogens is 2. The van der Waals surface area contributed by atoms with Gasteiger partial charge in [-0.05, 0) is 55.4 Å². The van der Waals surface area contributed by atoms with Crippen LogP contribution >= 0.6 is 12.2 Å². The van der Waals surface area contributed by atoms with Crippen molar-refractivity contribution in [3.63, 3.8) is 0 Å². The van der Waals surface area contributed by atoms with Gasteiger partial charge < -0.3 is 9.84 Å². The summed E-state index contributed by atoms with van der Waals surface area (Å²) in [6, 6.07) is 24.3. The molecule has 164 valence electrons. The quantitative estimate of drug-likeness (QED) is 0.377. The van der Waals surface area contributed by atoms with Crippen LogP contribution in [0, 0.1) is 12.7 Å². The monoisotopic (exact) mass is 456 g/mol. The average Bonchev–Trinajstić information content (AvgIpc) is 3.32. The van der Waals surface area contributed by atoms with Crippen molar-refractivity contribution in [1.29, 1.82) is 0 Å². The van der Waals surface area contributed by atoms with Crippen LogP contribution in [0.3, 0.4) is 0 Å². The molecule has 3 aromatic carbocycles. The molecule has 1 N–H and O–H groups in total. The molecule has 1 unspecified atom stereocenters. The van der Waals surface area contributed by atoms with Crippen LogP contribution in [0.1, 0.15) is 30.0 Å². The standard InChI is InChI=1S/C26H21FN4OS/c1-16-15-20(13-14-21(16)27)31-17(2)22(23(28-26(31)33)18-9-5-3-6-10-18)25-29-24(30-32-25)19-11-7-4-8-12-19/h3-15,23H,1-2H3,(H,28,33). The van der Waals surface area contributed by atoms with E-state index in [1.165, 1.54) is 6.07 Å². The van der Waals surface area contributed by atoms with Gasteiger partial charge in [-0.15, -0.1) is 0 Å². The smallest absolute Gasteiger partial charge is 0.258 e. The molecule has 7 heteroatoms. The summed E-state index contributed by atoms with van der Waals surface area (Å²) in [4.78, 5) is 6.59. The summed E-state index contributed by atoms with van der Waals surface area (Å²) in [7, 11) is 0. The fourth-order valence-corrected chi connectivity index (χ4v) is 4.39. The van der Waals surface area contributed by atoms with Gasteiger partial charge in [0.25, 0.3) is 5.89 Å². The van der Waals surface area contributed by atoms with E-state index in [2.05, 4.69) is 10.5 Å². The lowest BCUT2D eigenvalue weighted by Crippen LogP contribution is -2.46. The number of anilines is 1. The van der Waals surface area contributed by atoms with Gasteiger partial charge in [0.15, 0.2) is 5.11 Å². The maximum absolute atomic E-state index is 13.9. The molecule has 0 radical (unpaired) electrons. The van der Waals surface area contributed by atoms with E-state index in [4.69, 9.17) is 21.7 Å². The van der Waals surface area contributed by atoms with Crippen LogP contribution in [0.2, 0.25) is 0 Å². The van der Waals surface area contributed by atoms with Crippen molar-refractivity contribution in [1.82, 2.24) is 15.5 Å². The molecule has 2 heterocycles. The summed E-state index contributed by atoms with van der Waals surface area (Å²) < 4.78 is 19.7. The van der Waals surface area contributed by atoms with E-state index in [1.807, 2.05) is 72.5 Å². The van der Waals surface area contributed by atoms with Gasteiger partial charge in [-0.1, -0.05) is 65.8 Å². The Morgan fingerprint density at radius 2 is 1.67 bits per heavy atom. The van der Waals surface area contributed by atoms with Gasteiger partial charge in [-0.3, -0.25) is 4.90 Å². The molecule has 0 fully saturated rings. The molecule has 0 saturated carbocycles. The van der Waals surface area contributed by atoms with E-state index in [1.54, 1.807) is 19.1 Å². The molecule has 1 aliphatic heterocycles. The Morgan fingerprint density at radius 1 is 0.970 bits per heavy atom. The van der Waals surface area contributed by atoms with Gasteiger partial charge in [0.1, 0.15) is 5.82 Å². The molecule has 1 aliphatic rings. The third-order valence-electron chi connectivity index (χ3n) is 5.71. The summed E-state index contributed by atoms with van der Waals surface area (Å²) in [5, 5.41) is 8.15. The molecule has 33 heavy (non-hydrogen) atoms. The van der Waals surface area contributed by atoms with Crippen LogP contribution in [-0.2, 0) is 0 Å². The number of hydrogen-bond donors (Lipinski definition) is 1. The Kier molecular flexibility index (Phi) is 5.48. The molecule has 0 bridgehead atoms. The van der Waals surface area contributed by atoms with Crippen molar-refractivity contribution >= 4 is 28.6 Å². The summed E-state index contributed by atoms with van der Waals surface area (Å²) in [6.45, 7) is 3.69. The van der Waals surface area contributed by atoms with Crippen molar-refractivity contribution in [3.05, 3.63) is 107 Å². The van der Waals surface area contributed by atoms with E-state index >= 15 is 0 Å². The first kappa shape index (κ1) is 21.0. The normalized spacial score (nSPS) is 16.2. The minimum atomic E-state index is -0.277. The van der Waals surface area contributed by atoms with Gasteiger partial charge in [-0.25, -0.2) is 4.39 Å². The Labute approximate surface area is 196 Å². The highest BCUT2D eigenvalue weighted by Crippen LogP contribution is 2.39. The Balaban J connectivity index is 1.66. The minimum Gasteiger partial charge on any atom is -0.351 e. The zero-order valence-corrected chi connectivity index (χ0v) is 18.9. The Bertz CT molecular complexity index is 1350. The van der Waals surface area contributed by atoms with Crippen LogP contribution in [0.4, 0.5) is 10.1 Å². The minimum absolute atomic E-state index is 0.261.